The minimum atomic E-state index is -3.04. The molecule has 0 aliphatic heterocycles. The van der Waals surface area contributed by atoms with Crippen LogP contribution in [0.4, 0.5) is 0 Å². The molecule has 0 bridgehead atoms. The van der Waals surface area contributed by atoms with Crippen molar-refractivity contribution in [1.29, 1.82) is 0 Å². The summed E-state index contributed by atoms with van der Waals surface area (Å²) < 4.78 is 20.5. The van der Waals surface area contributed by atoms with Gasteiger partial charge in [-0.3, -0.25) is 0 Å². The van der Waals surface area contributed by atoms with E-state index in [4.69, 9.17) is 11.6 Å². The maximum atomic E-state index is 10.6. The van der Waals surface area contributed by atoms with Gasteiger partial charge in [0.15, 0.2) is 9.84 Å². The van der Waals surface area contributed by atoms with E-state index in [1.165, 1.54) is 0 Å². The van der Waals surface area contributed by atoms with Crippen LogP contribution in [0, 0.1) is 5.92 Å². The maximum absolute atomic E-state index is 10.6. The Balaban J connectivity index is 4.24. The Bertz CT molecular complexity index is 171. The predicted octanol–water partition coefficient (Wildman–Crippen LogP) is 1.25. The molecule has 0 radical (unpaired) electrons. The van der Waals surface area contributed by atoms with Crippen molar-refractivity contribution in [1.82, 2.24) is 0 Å². The topological polar surface area (TPSA) is 34.1 Å². The molecule has 0 rings (SSSR count). The van der Waals surface area contributed by atoms with Crippen LogP contribution in [0.25, 0.3) is 0 Å². The van der Waals surface area contributed by atoms with Crippen molar-refractivity contribution >= 4 is 21.4 Å². The molecule has 0 aliphatic carbocycles. The van der Waals surface area contributed by atoms with E-state index >= 15 is 0 Å². The second-order valence-corrected chi connectivity index (χ2v) is 5.32. The van der Waals surface area contributed by atoms with Crippen LogP contribution in [0.3, 0.4) is 0 Å². The normalized spacial score (nSPS) is 16.1. The van der Waals surface area contributed by atoms with Gasteiger partial charge in [-0.25, -0.2) is 8.42 Å². The summed E-state index contributed by atoms with van der Waals surface area (Å²) in [6.45, 7) is 3.55. The second-order valence-electron chi connectivity index (χ2n) is 2.42. The minimum absolute atomic E-state index is 0.0123. The first-order valence-corrected chi connectivity index (χ1v) is 5.07. The zero-order valence-electron chi connectivity index (χ0n) is 5.76. The fraction of sp³-hybridized carbons (Fsp3) is 1.00. The van der Waals surface area contributed by atoms with Crippen LogP contribution in [0.5, 0.6) is 0 Å². The third-order valence-corrected chi connectivity index (χ3v) is 3.77. The minimum Gasteiger partial charge on any atom is -0.228 e. The van der Waals surface area contributed by atoms with E-state index in [1.54, 1.807) is 13.8 Å². The van der Waals surface area contributed by atoms with E-state index in [2.05, 4.69) is 0 Å². The molecule has 0 aromatic carbocycles. The molecule has 0 saturated heterocycles. The molecule has 0 spiro atoms. The lowest BCUT2D eigenvalue weighted by Crippen LogP contribution is -2.18. The number of hydrogen-bond acceptors (Lipinski definition) is 2. The SMILES string of the molecule is CC(C)C(Cl)S(C)(=O)=O. The number of halogens is 1. The standard InChI is InChI=1S/C5H11ClO2S/c1-4(2)5(6)9(3,7)8/h4-5H,1-3H3. The summed E-state index contributed by atoms with van der Waals surface area (Å²) in [5, 5.41) is 0. The monoisotopic (exact) mass is 170 g/mol. The van der Waals surface area contributed by atoms with Crippen LogP contribution in [0.1, 0.15) is 13.8 Å². The van der Waals surface area contributed by atoms with Crippen molar-refractivity contribution < 1.29 is 8.42 Å². The highest BCUT2D eigenvalue weighted by molar-refractivity contribution is 7.92. The zero-order chi connectivity index (χ0) is 7.65. The molecule has 1 unspecified atom stereocenters. The summed E-state index contributed by atoms with van der Waals surface area (Å²) in [7, 11) is -3.04. The maximum Gasteiger partial charge on any atom is 0.164 e. The van der Waals surface area contributed by atoms with Crippen LogP contribution < -0.4 is 0 Å². The summed E-state index contributed by atoms with van der Waals surface area (Å²) >= 11 is 5.50. The summed E-state index contributed by atoms with van der Waals surface area (Å²) in [4.78, 5) is 0. The van der Waals surface area contributed by atoms with Gasteiger partial charge in [-0.15, -0.1) is 11.6 Å². The van der Waals surface area contributed by atoms with Gasteiger partial charge < -0.3 is 0 Å². The van der Waals surface area contributed by atoms with Crippen LogP contribution in [0.15, 0.2) is 0 Å². The fourth-order valence-corrected chi connectivity index (χ4v) is 1.48. The Morgan fingerprint density at radius 2 is 1.67 bits per heavy atom. The number of hydrogen-bond donors (Lipinski definition) is 0. The Labute approximate surface area is 61.1 Å². The number of rotatable bonds is 2. The van der Waals surface area contributed by atoms with E-state index in [9.17, 15) is 8.42 Å². The first-order valence-electron chi connectivity index (χ1n) is 2.68. The number of alkyl halides is 1. The molecule has 0 aromatic rings. The molecule has 9 heavy (non-hydrogen) atoms. The molecular weight excluding hydrogens is 160 g/mol. The Kier molecular flexibility index (Phi) is 2.96. The van der Waals surface area contributed by atoms with Gasteiger partial charge in [0, 0.05) is 6.26 Å². The van der Waals surface area contributed by atoms with E-state index < -0.39 is 14.5 Å². The molecule has 0 fully saturated rings. The van der Waals surface area contributed by atoms with Crippen molar-refractivity contribution in [2.24, 2.45) is 5.92 Å². The molecule has 0 aliphatic rings. The number of sulfone groups is 1. The van der Waals surface area contributed by atoms with Crippen molar-refractivity contribution in [3.8, 4) is 0 Å². The highest BCUT2D eigenvalue weighted by Crippen LogP contribution is 2.14. The van der Waals surface area contributed by atoms with Crippen LogP contribution in [-0.4, -0.2) is 19.4 Å². The van der Waals surface area contributed by atoms with Crippen molar-refractivity contribution in [3.05, 3.63) is 0 Å². The van der Waals surface area contributed by atoms with Gasteiger partial charge in [0.2, 0.25) is 0 Å². The van der Waals surface area contributed by atoms with E-state index in [0.717, 1.165) is 6.26 Å². The van der Waals surface area contributed by atoms with Crippen LogP contribution >= 0.6 is 11.6 Å². The largest absolute Gasteiger partial charge is 0.228 e. The van der Waals surface area contributed by atoms with E-state index in [-0.39, 0.29) is 5.92 Å². The highest BCUT2D eigenvalue weighted by atomic mass is 35.5. The Hall–Kier alpha value is 0.240. The Morgan fingerprint density at radius 1 is 1.33 bits per heavy atom. The third-order valence-electron chi connectivity index (χ3n) is 0.933. The summed E-state index contributed by atoms with van der Waals surface area (Å²) in [6, 6.07) is 0. The molecule has 1 atom stereocenters. The fourth-order valence-electron chi connectivity index (χ4n) is 0.494. The van der Waals surface area contributed by atoms with E-state index in [0.29, 0.717) is 0 Å². The zero-order valence-corrected chi connectivity index (χ0v) is 7.33. The van der Waals surface area contributed by atoms with E-state index in [1.807, 2.05) is 0 Å². The molecule has 0 aromatic heterocycles. The quantitative estimate of drug-likeness (QED) is 0.585. The van der Waals surface area contributed by atoms with Gasteiger partial charge in [-0.05, 0) is 5.92 Å². The molecule has 2 nitrogen and oxygen atoms in total. The molecule has 0 saturated carbocycles. The molecule has 0 amide bonds. The average molecular weight is 171 g/mol. The molecule has 0 N–H and O–H groups in total. The van der Waals surface area contributed by atoms with Gasteiger partial charge in [0.25, 0.3) is 0 Å². The Morgan fingerprint density at radius 3 is 1.67 bits per heavy atom. The lowest BCUT2D eigenvalue weighted by atomic mass is 10.3. The first-order chi connectivity index (χ1) is 3.85. The lowest BCUT2D eigenvalue weighted by Gasteiger charge is -2.09. The molecule has 0 heterocycles. The lowest BCUT2D eigenvalue weighted by molar-refractivity contribution is 0.578. The van der Waals surface area contributed by atoms with Gasteiger partial charge in [0.1, 0.15) is 4.71 Å². The smallest absolute Gasteiger partial charge is 0.164 e. The van der Waals surface area contributed by atoms with Crippen molar-refractivity contribution in [2.75, 3.05) is 6.26 Å². The van der Waals surface area contributed by atoms with Crippen molar-refractivity contribution in [3.63, 3.8) is 0 Å². The summed E-state index contributed by atoms with van der Waals surface area (Å²) in [6.07, 6.45) is 1.14. The van der Waals surface area contributed by atoms with Gasteiger partial charge >= 0.3 is 0 Å². The average Bonchev–Trinajstić information content (AvgIpc) is 1.62. The third kappa shape index (κ3) is 3.06. The molecular formula is C5H11ClO2S. The van der Waals surface area contributed by atoms with Crippen LogP contribution in [-0.2, 0) is 9.84 Å². The molecule has 56 valence electrons. The summed E-state index contributed by atoms with van der Waals surface area (Å²) in [5.74, 6) is -0.0123. The predicted molar refractivity (Wildman–Crippen MR) is 39.3 cm³/mol. The summed E-state index contributed by atoms with van der Waals surface area (Å²) in [5.41, 5.74) is 0. The van der Waals surface area contributed by atoms with Crippen LogP contribution in [0.2, 0.25) is 0 Å². The molecule has 4 heteroatoms. The van der Waals surface area contributed by atoms with Crippen molar-refractivity contribution in [2.45, 2.75) is 18.6 Å². The highest BCUT2D eigenvalue weighted by Gasteiger charge is 2.20. The van der Waals surface area contributed by atoms with Gasteiger partial charge in [-0.1, -0.05) is 13.8 Å². The van der Waals surface area contributed by atoms with Gasteiger partial charge in [-0.2, -0.15) is 0 Å². The first kappa shape index (κ1) is 9.24. The van der Waals surface area contributed by atoms with Gasteiger partial charge in [0.05, 0.1) is 0 Å². The second kappa shape index (κ2) is 2.88.